The van der Waals surface area contributed by atoms with Crippen LogP contribution in [0, 0.1) is 0 Å². The Morgan fingerprint density at radius 2 is 2.06 bits per heavy atom. The van der Waals surface area contributed by atoms with Crippen LogP contribution in [0.25, 0.3) is 11.0 Å². The highest BCUT2D eigenvalue weighted by Gasteiger charge is 2.41. The standard InChI is InChI=1S/C27H31N5O4/c1-35-26-7-5-21-27(31-26)20(8-9-28-21)23(33)14-32-18-3-4-19(32)12-17(11-18)29-13-16-2-6-24-22(10-16)30-25(34)15-36-24/h2,5-10,17-19,23,29,33H,3-4,11-15H2,1H3,(H,30,34). The molecule has 36 heavy (non-hydrogen) atoms. The summed E-state index contributed by atoms with van der Waals surface area (Å²) in [4.78, 5) is 23.1. The molecule has 1 amide bonds. The zero-order chi connectivity index (χ0) is 24.6. The van der Waals surface area contributed by atoms with Crippen molar-refractivity contribution in [2.45, 2.75) is 56.5 Å². The number of hydrogen-bond donors (Lipinski definition) is 3. The molecule has 9 nitrogen and oxygen atoms in total. The third-order valence-electron chi connectivity index (χ3n) is 7.70. The normalized spacial score (nSPS) is 24.2. The predicted molar refractivity (Wildman–Crippen MR) is 135 cm³/mol. The molecule has 3 N–H and O–H groups in total. The minimum atomic E-state index is -0.643. The van der Waals surface area contributed by atoms with Crippen molar-refractivity contribution in [3.8, 4) is 11.6 Å². The number of ether oxygens (including phenoxy) is 2. The van der Waals surface area contributed by atoms with Crippen LogP contribution in [-0.2, 0) is 11.3 Å². The Morgan fingerprint density at radius 3 is 2.86 bits per heavy atom. The molecule has 1 aromatic carbocycles. The monoisotopic (exact) mass is 489 g/mol. The topological polar surface area (TPSA) is 109 Å². The first-order chi connectivity index (χ1) is 17.6. The van der Waals surface area contributed by atoms with Crippen LogP contribution in [0.2, 0.25) is 0 Å². The molecular formula is C27H31N5O4. The van der Waals surface area contributed by atoms with E-state index in [9.17, 15) is 9.90 Å². The fourth-order valence-electron chi connectivity index (χ4n) is 5.95. The summed E-state index contributed by atoms with van der Waals surface area (Å²) in [5, 5.41) is 17.8. The maximum absolute atomic E-state index is 11.6. The molecule has 2 saturated heterocycles. The molecule has 2 fully saturated rings. The number of rotatable bonds is 7. The maximum atomic E-state index is 11.6. The third-order valence-corrected chi connectivity index (χ3v) is 7.70. The molecule has 3 aliphatic heterocycles. The van der Waals surface area contributed by atoms with Gasteiger partial charge in [0, 0.05) is 49.0 Å². The summed E-state index contributed by atoms with van der Waals surface area (Å²) in [5.74, 6) is 1.12. The summed E-state index contributed by atoms with van der Waals surface area (Å²) in [5.41, 5.74) is 4.11. The number of nitrogens with zero attached hydrogens (tertiary/aromatic N) is 3. The number of carbonyl (C=O) groups excluding carboxylic acids is 1. The van der Waals surface area contributed by atoms with Gasteiger partial charge in [0.1, 0.15) is 5.75 Å². The van der Waals surface area contributed by atoms with Crippen molar-refractivity contribution in [3.63, 3.8) is 0 Å². The number of piperidine rings is 1. The van der Waals surface area contributed by atoms with Crippen LogP contribution in [0.1, 0.15) is 42.9 Å². The summed E-state index contributed by atoms with van der Waals surface area (Å²) < 4.78 is 10.7. The van der Waals surface area contributed by atoms with Gasteiger partial charge in [0.2, 0.25) is 5.88 Å². The van der Waals surface area contributed by atoms with Crippen LogP contribution in [0.15, 0.2) is 42.6 Å². The Bertz CT molecular complexity index is 1270. The van der Waals surface area contributed by atoms with Gasteiger partial charge in [-0.2, -0.15) is 0 Å². The number of aromatic nitrogens is 2. The Labute approximate surface area is 209 Å². The summed E-state index contributed by atoms with van der Waals surface area (Å²) in [6.45, 7) is 1.40. The fraction of sp³-hybridized carbons (Fsp3) is 0.444. The van der Waals surface area contributed by atoms with E-state index in [0.29, 0.717) is 36.1 Å². The summed E-state index contributed by atoms with van der Waals surface area (Å²) >= 11 is 0. The van der Waals surface area contributed by atoms with E-state index in [-0.39, 0.29) is 12.5 Å². The Hall–Kier alpha value is -3.27. The Balaban J connectivity index is 1.09. The van der Waals surface area contributed by atoms with Gasteiger partial charge in [-0.15, -0.1) is 0 Å². The van der Waals surface area contributed by atoms with Crippen LogP contribution < -0.4 is 20.1 Å². The highest BCUT2D eigenvalue weighted by Crippen LogP contribution is 2.38. The lowest BCUT2D eigenvalue weighted by atomic mass is 9.95. The molecule has 188 valence electrons. The molecule has 3 aromatic rings. The van der Waals surface area contributed by atoms with E-state index in [1.165, 1.54) is 0 Å². The minimum absolute atomic E-state index is 0.0722. The largest absolute Gasteiger partial charge is 0.482 e. The number of methoxy groups -OCH3 is 1. The highest BCUT2D eigenvalue weighted by atomic mass is 16.5. The van der Waals surface area contributed by atoms with E-state index in [0.717, 1.165) is 60.3 Å². The van der Waals surface area contributed by atoms with Gasteiger partial charge < -0.3 is 25.2 Å². The fourth-order valence-corrected chi connectivity index (χ4v) is 5.95. The lowest BCUT2D eigenvalue weighted by Crippen LogP contribution is -2.50. The Kier molecular flexibility index (Phi) is 6.20. The number of benzene rings is 1. The number of carbonyl (C=O) groups is 1. The quantitative estimate of drug-likeness (QED) is 0.465. The second-order valence-corrected chi connectivity index (χ2v) is 9.94. The maximum Gasteiger partial charge on any atom is 0.262 e. The second kappa shape index (κ2) is 9.65. The molecule has 3 unspecified atom stereocenters. The van der Waals surface area contributed by atoms with E-state index in [2.05, 4.69) is 25.5 Å². The van der Waals surface area contributed by atoms with Gasteiger partial charge in [0.05, 0.1) is 29.9 Å². The van der Waals surface area contributed by atoms with Crippen LogP contribution in [-0.4, -0.2) is 64.3 Å². The number of hydrogen-bond acceptors (Lipinski definition) is 8. The molecule has 5 heterocycles. The molecule has 3 atom stereocenters. The minimum Gasteiger partial charge on any atom is -0.482 e. The van der Waals surface area contributed by atoms with E-state index in [1.807, 2.05) is 30.3 Å². The van der Waals surface area contributed by atoms with Crippen LogP contribution in [0.3, 0.4) is 0 Å². The Morgan fingerprint density at radius 1 is 1.22 bits per heavy atom. The van der Waals surface area contributed by atoms with E-state index in [4.69, 9.17) is 9.47 Å². The molecule has 2 bridgehead atoms. The van der Waals surface area contributed by atoms with Gasteiger partial charge in [-0.25, -0.2) is 4.98 Å². The number of fused-ring (bicyclic) bond motifs is 4. The van der Waals surface area contributed by atoms with Gasteiger partial charge in [-0.3, -0.25) is 14.7 Å². The number of pyridine rings is 2. The van der Waals surface area contributed by atoms with Crippen molar-refractivity contribution >= 4 is 22.6 Å². The van der Waals surface area contributed by atoms with E-state index in [1.54, 1.807) is 19.4 Å². The summed E-state index contributed by atoms with van der Waals surface area (Å²) in [6, 6.07) is 12.8. The number of aliphatic hydroxyl groups is 1. The number of amides is 1. The van der Waals surface area contributed by atoms with Crippen molar-refractivity contribution in [1.82, 2.24) is 20.2 Å². The first-order valence-electron chi connectivity index (χ1n) is 12.6. The zero-order valence-corrected chi connectivity index (χ0v) is 20.3. The van der Waals surface area contributed by atoms with Gasteiger partial charge in [0.25, 0.3) is 5.91 Å². The molecule has 3 aliphatic rings. The zero-order valence-electron chi connectivity index (χ0n) is 20.3. The first kappa shape index (κ1) is 23.1. The van der Waals surface area contributed by atoms with Gasteiger partial charge in [-0.1, -0.05) is 6.07 Å². The van der Waals surface area contributed by atoms with Gasteiger partial charge in [-0.05, 0) is 55.5 Å². The number of nitrogens with one attached hydrogen (secondary N) is 2. The number of aliphatic hydroxyl groups excluding tert-OH is 1. The first-order valence-corrected chi connectivity index (χ1v) is 12.6. The van der Waals surface area contributed by atoms with Crippen molar-refractivity contribution in [2.24, 2.45) is 0 Å². The van der Waals surface area contributed by atoms with Crippen LogP contribution >= 0.6 is 0 Å². The molecular weight excluding hydrogens is 458 g/mol. The SMILES string of the molecule is COc1ccc2nccc(C(O)CN3C4CCC3CC(NCc3ccc5c(c3)NC(=O)CO5)C4)c2n1. The second-order valence-electron chi connectivity index (χ2n) is 9.94. The molecule has 0 saturated carbocycles. The smallest absolute Gasteiger partial charge is 0.262 e. The third kappa shape index (κ3) is 4.50. The van der Waals surface area contributed by atoms with Crippen molar-refractivity contribution < 1.29 is 19.4 Å². The van der Waals surface area contributed by atoms with E-state index < -0.39 is 6.10 Å². The van der Waals surface area contributed by atoms with Crippen molar-refractivity contribution in [2.75, 3.05) is 25.6 Å². The van der Waals surface area contributed by atoms with Crippen LogP contribution in [0.4, 0.5) is 5.69 Å². The van der Waals surface area contributed by atoms with E-state index >= 15 is 0 Å². The predicted octanol–water partition coefficient (Wildman–Crippen LogP) is 2.79. The van der Waals surface area contributed by atoms with Crippen LogP contribution in [0.5, 0.6) is 11.6 Å². The molecule has 6 rings (SSSR count). The lowest BCUT2D eigenvalue weighted by Gasteiger charge is -2.40. The van der Waals surface area contributed by atoms with Gasteiger partial charge in [0.15, 0.2) is 6.61 Å². The van der Waals surface area contributed by atoms with Crippen molar-refractivity contribution in [3.05, 3.63) is 53.7 Å². The molecule has 2 aromatic heterocycles. The van der Waals surface area contributed by atoms with Crippen molar-refractivity contribution in [1.29, 1.82) is 0 Å². The summed E-state index contributed by atoms with van der Waals surface area (Å²) in [6.07, 6.45) is 5.50. The molecule has 0 spiro atoms. The average molecular weight is 490 g/mol. The molecule has 0 aliphatic carbocycles. The van der Waals surface area contributed by atoms with Gasteiger partial charge >= 0.3 is 0 Å². The molecule has 9 heteroatoms. The molecule has 0 radical (unpaired) electrons. The summed E-state index contributed by atoms with van der Waals surface area (Å²) in [7, 11) is 1.59. The number of anilines is 1. The lowest BCUT2D eigenvalue weighted by molar-refractivity contribution is -0.118. The average Bonchev–Trinajstić information content (AvgIpc) is 3.12. The highest BCUT2D eigenvalue weighted by molar-refractivity contribution is 5.95.